The van der Waals surface area contributed by atoms with Crippen molar-refractivity contribution in [3.8, 4) is 0 Å². The summed E-state index contributed by atoms with van der Waals surface area (Å²) >= 11 is 0. The van der Waals surface area contributed by atoms with E-state index in [1.165, 1.54) is 21.9 Å². The van der Waals surface area contributed by atoms with Gasteiger partial charge in [-0.05, 0) is 64.9 Å². The summed E-state index contributed by atoms with van der Waals surface area (Å²) in [5, 5.41) is 9.91. The first kappa shape index (κ1) is 23.9. The Morgan fingerprint density at radius 1 is 0.525 bits per heavy atom. The SMILES string of the molecule is c1ccc(N(c2ccccc2)c2ccc(C3CC(c4cccc5ccccc45)=NN3c3ccccc3)cc2)cc1. The van der Waals surface area contributed by atoms with Crippen LogP contribution in [0, 0.1) is 0 Å². The van der Waals surface area contributed by atoms with Crippen LogP contribution in [-0.4, -0.2) is 5.71 Å². The molecule has 6 aromatic carbocycles. The molecule has 0 fully saturated rings. The number of hydrazone groups is 1. The Hall–Kier alpha value is -5.15. The summed E-state index contributed by atoms with van der Waals surface area (Å²) < 4.78 is 0. The number of rotatable bonds is 6. The molecule has 0 N–H and O–H groups in total. The summed E-state index contributed by atoms with van der Waals surface area (Å²) in [5.41, 5.74) is 8.06. The third-order valence-corrected chi connectivity index (χ3v) is 7.60. The van der Waals surface area contributed by atoms with Gasteiger partial charge in [0.25, 0.3) is 0 Å². The molecule has 7 rings (SSSR count). The number of hydrogen-bond donors (Lipinski definition) is 0. The Morgan fingerprint density at radius 2 is 1.07 bits per heavy atom. The minimum atomic E-state index is 0.104. The van der Waals surface area contributed by atoms with Crippen LogP contribution < -0.4 is 9.91 Å². The third kappa shape index (κ3) is 4.52. The number of benzene rings is 6. The summed E-state index contributed by atoms with van der Waals surface area (Å²) in [7, 11) is 0. The van der Waals surface area contributed by atoms with Gasteiger partial charge in [-0.25, -0.2) is 0 Å². The van der Waals surface area contributed by atoms with Crippen molar-refractivity contribution in [3.63, 3.8) is 0 Å². The second-order valence-corrected chi connectivity index (χ2v) is 10.1. The highest BCUT2D eigenvalue weighted by atomic mass is 15.5. The molecule has 0 saturated carbocycles. The van der Waals surface area contributed by atoms with E-state index in [-0.39, 0.29) is 6.04 Å². The molecule has 1 atom stereocenters. The number of hydrogen-bond acceptors (Lipinski definition) is 3. The molecule has 0 bridgehead atoms. The van der Waals surface area contributed by atoms with E-state index < -0.39 is 0 Å². The Kier molecular flexibility index (Phi) is 6.31. The molecule has 1 aliphatic rings. The fourth-order valence-corrected chi connectivity index (χ4v) is 5.68. The van der Waals surface area contributed by atoms with Gasteiger partial charge in [-0.2, -0.15) is 5.10 Å². The highest BCUT2D eigenvalue weighted by Crippen LogP contribution is 2.40. The Bertz CT molecular complexity index is 1720. The van der Waals surface area contributed by atoms with Gasteiger partial charge in [-0.1, -0.05) is 109 Å². The van der Waals surface area contributed by atoms with E-state index in [0.717, 1.165) is 34.9 Å². The summed E-state index contributed by atoms with van der Waals surface area (Å²) in [6.07, 6.45) is 0.837. The van der Waals surface area contributed by atoms with E-state index in [9.17, 15) is 0 Å². The molecule has 0 spiro atoms. The molecule has 192 valence electrons. The van der Waals surface area contributed by atoms with Crippen LogP contribution in [0.1, 0.15) is 23.6 Å². The Morgan fingerprint density at radius 3 is 1.75 bits per heavy atom. The molecular formula is C37H29N3. The maximum absolute atomic E-state index is 5.23. The predicted octanol–water partition coefficient (Wildman–Crippen LogP) is 9.67. The third-order valence-electron chi connectivity index (χ3n) is 7.60. The largest absolute Gasteiger partial charge is 0.311 e. The van der Waals surface area contributed by atoms with Crippen molar-refractivity contribution in [2.45, 2.75) is 12.5 Å². The van der Waals surface area contributed by atoms with Crippen molar-refractivity contribution < 1.29 is 0 Å². The Balaban J connectivity index is 1.27. The first-order valence-corrected chi connectivity index (χ1v) is 13.8. The van der Waals surface area contributed by atoms with Crippen molar-refractivity contribution >= 4 is 39.2 Å². The molecule has 1 unspecified atom stereocenters. The number of nitrogens with zero attached hydrogens (tertiary/aromatic N) is 3. The van der Waals surface area contributed by atoms with Crippen molar-refractivity contribution in [1.82, 2.24) is 0 Å². The van der Waals surface area contributed by atoms with Crippen LogP contribution in [0.5, 0.6) is 0 Å². The van der Waals surface area contributed by atoms with Gasteiger partial charge in [0.15, 0.2) is 0 Å². The van der Waals surface area contributed by atoms with Crippen LogP contribution in [0.4, 0.5) is 22.7 Å². The molecule has 3 nitrogen and oxygen atoms in total. The zero-order chi connectivity index (χ0) is 26.7. The molecular weight excluding hydrogens is 486 g/mol. The van der Waals surface area contributed by atoms with Crippen molar-refractivity contribution in [2.24, 2.45) is 5.10 Å². The van der Waals surface area contributed by atoms with Gasteiger partial charge >= 0.3 is 0 Å². The summed E-state index contributed by atoms with van der Waals surface area (Å²) in [6.45, 7) is 0. The fourth-order valence-electron chi connectivity index (χ4n) is 5.68. The van der Waals surface area contributed by atoms with Gasteiger partial charge in [-0.3, -0.25) is 5.01 Å². The van der Waals surface area contributed by atoms with E-state index >= 15 is 0 Å². The Labute approximate surface area is 235 Å². The van der Waals surface area contributed by atoms with Crippen LogP contribution in [-0.2, 0) is 0 Å². The van der Waals surface area contributed by atoms with E-state index in [0.29, 0.717) is 0 Å². The zero-order valence-corrected chi connectivity index (χ0v) is 22.1. The summed E-state index contributed by atoms with van der Waals surface area (Å²) in [4.78, 5) is 2.30. The van der Waals surface area contributed by atoms with Gasteiger partial charge in [0, 0.05) is 29.0 Å². The van der Waals surface area contributed by atoms with E-state index in [1.54, 1.807) is 0 Å². The van der Waals surface area contributed by atoms with E-state index in [2.05, 4.69) is 168 Å². The topological polar surface area (TPSA) is 18.8 Å². The maximum Gasteiger partial charge on any atom is 0.0831 e. The summed E-state index contributed by atoms with van der Waals surface area (Å²) in [5.74, 6) is 0. The molecule has 1 heterocycles. The molecule has 0 aromatic heterocycles. The van der Waals surface area contributed by atoms with Crippen molar-refractivity contribution in [2.75, 3.05) is 9.91 Å². The van der Waals surface area contributed by atoms with Gasteiger partial charge < -0.3 is 4.90 Å². The zero-order valence-electron chi connectivity index (χ0n) is 22.1. The van der Waals surface area contributed by atoms with Crippen LogP contribution in [0.3, 0.4) is 0 Å². The van der Waals surface area contributed by atoms with Gasteiger partial charge in [0.05, 0.1) is 17.4 Å². The van der Waals surface area contributed by atoms with E-state index in [4.69, 9.17) is 5.10 Å². The molecule has 3 heteroatoms. The molecule has 0 radical (unpaired) electrons. The second-order valence-electron chi connectivity index (χ2n) is 10.1. The monoisotopic (exact) mass is 515 g/mol. The predicted molar refractivity (Wildman–Crippen MR) is 168 cm³/mol. The average Bonchev–Trinajstić information content (AvgIpc) is 3.48. The van der Waals surface area contributed by atoms with Gasteiger partial charge in [0.1, 0.15) is 0 Å². The van der Waals surface area contributed by atoms with Crippen LogP contribution in [0.15, 0.2) is 163 Å². The summed E-state index contributed by atoms with van der Waals surface area (Å²) in [6, 6.07) is 55.7. The minimum Gasteiger partial charge on any atom is -0.311 e. The minimum absolute atomic E-state index is 0.104. The molecule has 0 amide bonds. The average molecular weight is 516 g/mol. The first-order chi connectivity index (χ1) is 19.8. The molecule has 0 aliphatic carbocycles. The van der Waals surface area contributed by atoms with Gasteiger partial charge in [0.2, 0.25) is 0 Å². The molecule has 40 heavy (non-hydrogen) atoms. The first-order valence-electron chi connectivity index (χ1n) is 13.8. The van der Waals surface area contributed by atoms with Crippen LogP contribution >= 0.6 is 0 Å². The fraction of sp³-hybridized carbons (Fsp3) is 0.0541. The lowest BCUT2D eigenvalue weighted by molar-refractivity contribution is 0.709. The molecule has 1 aliphatic heterocycles. The highest BCUT2D eigenvalue weighted by molar-refractivity contribution is 6.12. The number of para-hydroxylation sites is 3. The van der Waals surface area contributed by atoms with Crippen LogP contribution in [0.2, 0.25) is 0 Å². The lowest BCUT2D eigenvalue weighted by atomic mass is 9.95. The van der Waals surface area contributed by atoms with Crippen molar-refractivity contribution in [1.29, 1.82) is 0 Å². The normalized spacial score (nSPS) is 14.8. The molecule has 6 aromatic rings. The van der Waals surface area contributed by atoms with Crippen LogP contribution in [0.25, 0.3) is 10.8 Å². The number of fused-ring (bicyclic) bond motifs is 1. The standard InChI is InChI=1S/C37H29N3/c1-4-15-30(16-5-1)39(31-17-6-2-7-18-31)32-25-23-29(24-26-32)37-27-36(38-40(37)33-19-8-3-9-20-33)35-22-12-14-28-13-10-11-21-34(28)35/h1-26,37H,27H2. The van der Waals surface area contributed by atoms with Crippen molar-refractivity contribution in [3.05, 3.63) is 169 Å². The smallest absolute Gasteiger partial charge is 0.0831 e. The highest BCUT2D eigenvalue weighted by Gasteiger charge is 2.30. The maximum atomic E-state index is 5.23. The number of anilines is 4. The second kappa shape index (κ2) is 10.5. The van der Waals surface area contributed by atoms with E-state index in [1.807, 2.05) is 0 Å². The molecule has 0 saturated heterocycles. The lowest BCUT2D eigenvalue weighted by Gasteiger charge is -2.27. The van der Waals surface area contributed by atoms with Gasteiger partial charge in [-0.15, -0.1) is 0 Å². The quantitative estimate of drug-likeness (QED) is 0.220. The lowest BCUT2D eigenvalue weighted by Crippen LogP contribution is -2.18.